The summed E-state index contributed by atoms with van der Waals surface area (Å²) in [7, 11) is 0. The van der Waals surface area contributed by atoms with Crippen molar-refractivity contribution in [3.63, 3.8) is 0 Å². The Morgan fingerprint density at radius 1 is 1.39 bits per heavy atom. The fourth-order valence-electron chi connectivity index (χ4n) is 2.08. The molecule has 0 aromatic carbocycles. The zero-order chi connectivity index (χ0) is 13.5. The number of allylic oxidation sites excluding steroid dienone is 1. The monoisotopic (exact) mass is 270 g/mol. The van der Waals surface area contributed by atoms with E-state index in [1.807, 2.05) is 13.8 Å². The Bertz CT molecular complexity index is 353. The molecule has 1 atom stereocenters. The number of rotatable bonds is 6. The van der Waals surface area contributed by atoms with E-state index in [4.69, 9.17) is 17.0 Å². The first-order valence-corrected chi connectivity index (χ1v) is 6.96. The molecule has 4 nitrogen and oxygen atoms in total. The lowest BCUT2D eigenvalue weighted by molar-refractivity contribution is -0.139. The van der Waals surface area contributed by atoms with Crippen molar-refractivity contribution in [2.45, 2.75) is 52.5 Å². The van der Waals surface area contributed by atoms with Crippen LogP contribution in [0.25, 0.3) is 0 Å². The lowest BCUT2D eigenvalue weighted by atomic mass is 9.97. The number of esters is 1. The van der Waals surface area contributed by atoms with Gasteiger partial charge in [-0.15, -0.1) is 0 Å². The van der Waals surface area contributed by atoms with Gasteiger partial charge < -0.3 is 15.4 Å². The molecule has 1 unspecified atom stereocenters. The van der Waals surface area contributed by atoms with Gasteiger partial charge in [0.1, 0.15) is 0 Å². The molecule has 102 valence electrons. The molecule has 5 heteroatoms. The second-order valence-corrected chi connectivity index (χ2v) is 4.81. The number of nitrogens with one attached hydrogen (secondary N) is 2. The van der Waals surface area contributed by atoms with Crippen LogP contribution < -0.4 is 10.6 Å². The maximum atomic E-state index is 12.0. The molecule has 0 fully saturated rings. The Balaban J connectivity index is 2.79. The number of hydrogen-bond donors (Lipinski definition) is 2. The summed E-state index contributed by atoms with van der Waals surface area (Å²) in [5.41, 5.74) is 1.49. The van der Waals surface area contributed by atoms with Gasteiger partial charge in [0.15, 0.2) is 5.11 Å². The number of carbonyl (C=O) groups excluding carboxylic acids is 1. The fraction of sp³-hybridized carbons (Fsp3) is 0.692. The number of ether oxygens (including phenoxy) is 1. The highest BCUT2D eigenvalue weighted by Crippen LogP contribution is 2.19. The Hall–Kier alpha value is -1.10. The lowest BCUT2D eigenvalue weighted by Gasteiger charge is -2.29. The fourth-order valence-corrected chi connectivity index (χ4v) is 2.38. The molecular formula is C13H22N2O2S. The van der Waals surface area contributed by atoms with Crippen molar-refractivity contribution in [2.24, 2.45) is 0 Å². The molecule has 0 spiro atoms. The highest BCUT2D eigenvalue weighted by atomic mass is 32.1. The van der Waals surface area contributed by atoms with Crippen LogP contribution in [0.1, 0.15) is 46.5 Å². The quantitative estimate of drug-likeness (QED) is 0.440. The molecule has 18 heavy (non-hydrogen) atoms. The zero-order valence-electron chi connectivity index (χ0n) is 11.3. The summed E-state index contributed by atoms with van der Waals surface area (Å²) in [6.45, 7) is 6.23. The average Bonchev–Trinajstić information content (AvgIpc) is 2.28. The molecule has 1 aliphatic rings. The van der Waals surface area contributed by atoms with E-state index >= 15 is 0 Å². The highest BCUT2D eigenvalue weighted by molar-refractivity contribution is 7.80. The first-order valence-electron chi connectivity index (χ1n) is 6.55. The Kier molecular flexibility index (Phi) is 6.12. The van der Waals surface area contributed by atoms with Gasteiger partial charge in [-0.05, 0) is 32.5 Å². The molecule has 0 saturated carbocycles. The molecule has 0 aliphatic carbocycles. The highest BCUT2D eigenvalue weighted by Gasteiger charge is 2.28. The van der Waals surface area contributed by atoms with Crippen LogP contribution in [0.2, 0.25) is 0 Å². The average molecular weight is 270 g/mol. The molecule has 0 bridgehead atoms. The number of carbonyl (C=O) groups is 1. The van der Waals surface area contributed by atoms with Crippen LogP contribution in [0.4, 0.5) is 0 Å². The number of thiocarbonyl (C=S) groups is 1. The molecule has 0 amide bonds. The summed E-state index contributed by atoms with van der Waals surface area (Å²) in [6.07, 6.45) is 4.30. The zero-order valence-corrected chi connectivity index (χ0v) is 12.2. The van der Waals surface area contributed by atoms with Gasteiger partial charge in [-0.25, -0.2) is 4.79 Å². The maximum absolute atomic E-state index is 12.0. The van der Waals surface area contributed by atoms with Gasteiger partial charge in [0.05, 0.1) is 18.2 Å². The van der Waals surface area contributed by atoms with Crippen molar-refractivity contribution in [3.8, 4) is 0 Å². The smallest absolute Gasteiger partial charge is 0.337 e. The second-order valence-electron chi connectivity index (χ2n) is 4.41. The van der Waals surface area contributed by atoms with Crippen LogP contribution in [0, 0.1) is 0 Å². The molecule has 1 aliphatic heterocycles. The standard InChI is InChI=1S/C13H22N2O2S/c1-4-6-7-8-10-11(12(16)17-5-2)9(3)14-13(18)15-10/h10H,4-8H2,1-3H3,(H2,14,15,18). The Morgan fingerprint density at radius 3 is 2.72 bits per heavy atom. The summed E-state index contributed by atoms with van der Waals surface area (Å²) in [5.74, 6) is -0.251. The number of hydrogen-bond acceptors (Lipinski definition) is 3. The first-order chi connectivity index (χ1) is 8.60. The van der Waals surface area contributed by atoms with Gasteiger partial charge in [0.2, 0.25) is 0 Å². The minimum atomic E-state index is -0.251. The molecule has 1 heterocycles. The molecule has 0 aromatic heterocycles. The molecule has 0 aromatic rings. The summed E-state index contributed by atoms with van der Waals surface area (Å²) < 4.78 is 5.10. The molecule has 0 radical (unpaired) electrons. The van der Waals surface area contributed by atoms with E-state index in [0.717, 1.165) is 31.4 Å². The van der Waals surface area contributed by atoms with Gasteiger partial charge in [-0.2, -0.15) is 0 Å². The SMILES string of the molecule is CCCCCC1NC(=S)NC(C)=C1C(=O)OCC. The van der Waals surface area contributed by atoms with Gasteiger partial charge in [-0.1, -0.05) is 26.2 Å². The van der Waals surface area contributed by atoms with Crippen LogP contribution in [-0.4, -0.2) is 23.7 Å². The van der Waals surface area contributed by atoms with Crippen LogP contribution in [0.15, 0.2) is 11.3 Å². The van der Waals surface area contributed by atoms with Crippen LogP contribution >= 0.6 is 12.2 Å². The van der Waals surface area contributed by atoms with Gasteiger partial charge in [0, 0.05) is 5.70 Å². The molecule has 1 rings (SSSR count). The predicted octanol–water partition coefficient (Wildman–Crippen LogP) is 2.25. The lowest BCUT2D eigenvalue weighted by Crippen LogP contribution is -2.49. The molecular weight excluding hydrogens is 248 g/mol. The topological polar surface area (TPSA) is 50.4 Å². The summed E-state index contributed by atoms with van der Waals surface area (Å²) in [6, 6.07) is -0.0238. The van der Waals surface area contributed by atoms with E-state index in [-0.39, 0.29) is 12.0 Å². The molecule has 0 saturated heterocycles. The third-order valence-electron chi connectivity index (χ3n) is 2.95. The predicted molar refractivity (Wildman–Crippen MR) is 76.1 cm³/mol. The number of unbranched alkanes of at least 4 members (excludes halogenated alkanes) is 2. The minimum Gasteiger partial charge on any atom is -0.463 e. The summed E-state index contributed by atoms with van der Waals surface area (Å²) in [5, 5.41) is 6.73. The van der Waals surface area contributed by atoms with E-state index < -0.39 is 0 Å². The maximum Gasteiger partial charge on any atom is 0.337 e. The minimum absolute atomic E-state index is 0.0238. The van der Waals surface area contributed by atoms with Gasteiger partial charge >= 0.3 is 5.97 Å². The van der Waals surface area contributed by atoms with Crippen LogP contribution in [0.5, 0.6) is 0 Å². The first kappa shape index (κ1) is 15.0. The van der Waals surface area contributed by atoms with Crippen molar-refractivity contribution in [1.29, 1.82) is 0 Å². The Labute approximate surface area is 114 Å². The van der Waals surface area contributed by atoms with Gasteiger partial charge in [-0.3, -0.25) is 0 Å². The largest absolute Gasteiger partial charge is 0.463 e. The summed E-state index contributed by atoms with van der Waals surface area (Å²) in [4.78, 5) is 12.0. The van der Waals surface area contributed by atoms with Crippen molar-refractivity contribution < 1.29 is 9.53 Å². The van der Waals surface area contributed by atoms with E-state index in [9.17, 15) is 4.79 Å². The normalized spacial score (nSPS) is 19.3. The summed E-state index contributed by atoms with van der Waals surface area (Å²) >= 11 is 5.13. The van der Waals surface area contributed by atoms with Crippen molar-refractivity contribution in [2.75, 3.05) is 6.61 Å². The second kappa shape index (κ2) is 7.36. The van der Waals surface area contributed by atoms with Crippen molar-refractivity contribution in [3.05, 3.63) is 11.3 Å². The van der Waals surface area contributed by atoms with Crippen molar-refractivity contribution in [1.82, 2.24) is 10.6 Å². The van der Waals surface area contributed by atoms with E-state index in [1.165, 1.54) is 0 Å². The molecule has 2 N–H and O–H groups in total. The van der Waals surface area contributed by atoms with Crippen LogP contribution in [0.3, 0.4) is 0 Å². The van der Waals surface area contributed by atoms with Crippen molar-refractivity contribution >= 4 is 23.3 Å². The van der Waals surface area contributed by atoms with E-state index in [0.29, 0.717) is 17.3 Å². The third kappa shape index (κ3) is 3.98. The Morgan fingerprint density at radius 2 is 2.11 bits per heavy atom. The van der Waals surface area contributed by atoms with Crippen LogP contribution in [-0.2, 0) is 9.53 Å². The van der Waals surface area contributed by atoms with E-state index in [2.05, 4.69) is 17.6 Å². The third-order valence-corrected chi connectivity index (χ3v) is 3.17. The van der Waals surface area contributed by atoms with E-state index in [1.54, 1.807) is 0 Å². The van der Waals surface area contributed by atoms with Gasteiger partial charge in [0.25, 0.3) is 0 Å².